The fourth-order valence-electron chi connectivity index (χ4n) is 1.06. The van der Waals surface area contributed by atoms with E-state index < -0.39 is 5.69 Å². The van der Waals surface area contributed by atoms with Gasteiger partial charge in [0.25, 0.3) is 5.22 Å². The minimum atomic E-state index is -0.514. The molecule has 18 heavy (non-hydrogen) atoms. The predicted molar refractivity (Wildman–Crippen MR) is 61.6 cm³/mol. The topological polar surface area (TPSA) is 119 Å². The molecule has 10 heteroatoms. The van der Waals surface area contributed by atoms with Crippen molar-refractivity contribution in [3.05, 3.63) is 22.7 Å². The molecule has 0 aliphatic heterocycles. The molecule has 2 heterocycles. The molecular weight excluding hydrogens is 260 g/mol. The molecule has 0 aliphatic carbocycles. The number of carbonyl (C=O) groups excluding carboxylic acids is 1. The first-order valence-electron chi connectivity index (χ1n) is 5.06. The van der Waals surface area contributed by atoms with Crippen molar-refractivity contribution in [2.24, 2.45) is 0 Å². The molecule has 0 aromatic carbocycles. The first kappa shape index (κ1) is 12.4. The molecule has 0 unspecified atom stereocenters. The summed E-state index contributed by atoms with van der Waals surface area (Å²) in [4.78, 5) is 22.5. The van der Waals surface area contributed by atoms with Crippen LogP contribution in [0.4, 0.5) is 0 Å². The van der Waals surface area contributed by atoms with Crippen LogP contribution in [-0.4, -0.2) is 36.7 Å². The van der Waals surface area contributed by atoms with Crippen LogP contribution in [0.3, 0.4) is 0 Å². The van der Waals surface area contributed by atoms with Crippen molar-refractivity contribution in [2.75, 3.05) is 11.2 Å². The van der Waals surface area contributed by atoms with Crippen molar-refractivity contribution in [1.82, 2.24) is 25.1 Å². The van der Waals surface area contributed by atoms with Gasteiger partial charge in [-0.25, -0.2) is 9.89 Å². The van der Waals surface area contributed by atoms with E-state index in [1.807, 2.05) is 6.92 Å². The van der Waals surface area contributed by atoms with Gasteiger partial charge in [-0.05, 0) is 0 Å². The summed E-state index contributed by atoms with van der Waals surface area (Å²) < 4.78 is 6.17. The number of aromatic amines is 1. The molecule has 0 saturated carbocycles. The fourth-order valence-corrected chi connectivity index (χ4v) is 1.63. The molecule has 0 radical (unpaired) electrons. The number of nitrogens with one attached hydrogen (secondary N) is 2. The molecule has 0 spiro atoms. The summed E-state index contributed by atoms with van der Waals surface area (Å²) in [5.41, 5.74) is 1.83. The molecule has 0 aliphatic rings. The zero-order chi connectivity index (χ0) is 13.0. The highest BCUT2D eigenvalue weighted by atomic mass is 32.2. The molecule has 0 bridgehead atoms. The van der Waals surface area contributed by atoms with E-state index in [0.29, 0.717) is 17.5 Å². The Morgan fingerprint density at radius 1 is 1.61 bits per heavy atom. The number of H-pyrrole nitrogens is 1. The number of rotatable bonds is 5. The second-order valence-corrected chi connectivity index (χ2v) is 4.10. The van der Waals surface area contributed by atoms with Crippen LogP contribution in [0.1, 0.15) is 12.8 Å². The highest BCUT2D eigenvalue weighted by molar-refractivity contribution is 7.99. The summed E-state index contributed by atoms with van der Waals surface area (Å²) in [6.07, 6.45) is 1.82. The van der Waals surface area contributed by atoms with Crippen molar-refractivity contribution in [3.8, 4) is 0 Å². The van der Waals surface area contributed by atoms with Crippen LogP contribution < -0.4 is 11.1 Å². The normalized spacial score (nSPS) is 10.5. The van der Waals surface area contributed by atoms with E-state index in [2.05, 4.69) is 25.8 Å². The number of aryl methyl sites for hydroxylation is 1. The summed E-state index contributed by atoms with van der Waals surface area (Å²) in [5, 5.41) is 13.5. The van der Waals surface area contributed by atoms with Crippen LogP contribution in [0.25, 0.3) is 0 Å². The molecular formula is C8H10N6O3S. The lowest BCUT2D eigenvalue weighted by Gasteiger charge is -2.01. The van der Waals surface area contributed by atoms with Gasteiger partial charge in [0.1, 0.15) is 6.33 Å². The van der Waals surface area contributed by atoms with Crippen molar-refractivity contribution in [1.29, 1.82) is 0 Å². The Labute approximate surface area is 105 Å². The van der Waals surface area contributed by atoms with Crippen LogP contribution in [0.2, 0.25) is 0 Å². The zero-order valence-electron chi connectivity index (χ0n) is 9.41. The third-order valence-corrected chi connectivity index (χ3v) is 2.69. The third kappa shape index (κ3) is 2.97. The van der Waals surface area contributed by atoms with E-state index >= 15 is 0 Å². The van der Waals surface area contributed by atoms with Gasteiger partial charge in [0.15, 0.2) is 0 Å². The van der Waals surface area contributed by atoms with Crippen molar-refractivity contribution in [3.63, 3.8) is 0 Å². The van der Waals surface area contributed by atoms with Crippen molar-refractivity contribution in [2.45, 2.75) is 18.6 Å². The number of hydrogen-bond acceptors (Lipinski definition) is 7. The van der Waals surface area contributed by atoms with E-state index in [0.717, 1.165) is 16.4 Å². The van der Waals surface area contributed by atoms with Crippen LogP contribution in [0.5, 0.6) is 0 Å². The maximum Gasteiger partial charge on any atom is 0.362 e. The van der Waals surface area contributed by atoms with Crippen LogP contribution in [0, 0.1) is 0 Å². The standard InChI is InChI=1S/C8H10N6O3S/c1-2-6-10-12-8(17-6)18-3-5(15)13-14-4-9-11-7(14)16/h4H,2-3H2,1H3,(H,11,16)(H,13,15). The number of carbonyl (C=O) groups is 1. The summed E-state index contributed by atoms with van der Waals surface area (Å²) in [7, 11) is 0. The molecule has 1 amide bonds. The maximum atomic E-state index is 11.5. The lowest BCUT2D eigenvalue weighted by atomic mass is 10.5. The Kier molecular flexibility index (Phi) is 3.77. The molecule has 2 rings (SSSR count). The molecule has 0 atom stereocenters. The maximum absolute atomic E-state index is 11.5. The molecule has 0 saturated heterocycles. The molecule has 2 N–H and O–H groups in total. The van der Waals surface area contributed by atoms with E-state index in [1.165, 1.54) is 6.33 Å². The highest BCUT2D eigenvalue weighted by Crippen LogP contribution is 2.15. The van der Waals surface area contributed by atoms with E-state index in [9.17, 15) is 9.59 Å². The smallest absolute Gasteiger partial charge is 0.362 e. The Morgan fingerprint density at radius 3 is 3.06 bits per heavy atom. The number of nitrogens with zero attached hydrogens (tertiary/aromatic N) is 4. The first-order valence-corrected chi connectivity index (χ1v) is 6.04. The SMILES string of the molecule is CCc1nnc(SCC(=O)Nn2cn[nH]c2=O)o1. The number of thioether (sulfide) groups is 1. The Hall–Kier alpha value is -2.10. The van der Waals surface area contributed by atoms with Gasteiger partial charge in [0.05, 0.1) is 5.75 Å². The second kappa shape index (κ2) is 5.49. The molecule has 2 aromatic rings. The van der Waals surface area contributed by atoms with Gasteiger partial charge < -0.3 is 4.42 Å². The molecule has 9 nitrogen and oxygen atoms in total. The van der Waals surface area contributed by atoms with Crippen LogP contribution in [0.15, 0.2) is 20.8 Å². The van der Waals surface area contributed by atoms with Gasteiger partial charge in [-0.2, -0.15) is 9.77 Å². The fraction of sp³-hybridized carbons (Fsp3) is 0.375. The van der Waals surface area contributed by atoms with Crippen molar-refractivity contribution >= 4 is 17.7 Å². The Bertz CT molecular complexity index is 587. The second-order valence-electron chi connectivity index (χ2n) is 3.17. The molecule has 2 aromatic heterocycles. The largest absolute Gasteiger partial charge is 0.416 e. The van der Waals surface area contributed by atoms with E-state index in [1.54, 1.807) is 0 Å². The van der Waals surface area contributed by atoms with Gasteiger partial charge in [0, 0.05) is 6.42 Å². The predicted octanol–water partition coefficient (Wildman–Crippen LogP) is -0.621. The van der Waals surface area contributed by atoms with Crippen LogP contribution in [-0.2, 0) is 11.2 Å². The van der Waals surface area contributed by atoms with Gasteiger partial charge in [-0.15, -0.1) is 10.2 Å². The number of aromatic nitrogens is 5. The van der Waals surface area contributed by atoms with Crippen LogP contribution >= 0.6 is 11.8 Å². The quantitative estimate of drug-likeness (QED) is 0.695. The average molecular weight is 270 g/mol. The number of hydrogen-bond donors (Lipinski definition) is 2. The molecule has 96 valence electrons. The Balaban J connectivity index is 1.85. The minimum absolute atomic E-state index is 0.0585. The van der Waals surface area contributed by atoms with E-state index in [4.69, 9.17) is 4.42 Å². The summed E-state index contributed by atoms with van der Waals surface area (Å²) in [6.45, 7) is 1.89. The summed E-state index contributed by atoms with van der Waals surface area (Å²) in [5.74, 6) is 0.201. The third-order valence-electron chi connectivity index (χ3n) is 1.87. The summed E-state index contributed by atoms with van der Waals surface area (Å²) in [6, 6.07) is 0. The molecule has 0 fully saturated rings. The summed E-state index contributed by atoms with van der Waals surface area (Å²) >= 11 is 1.09. The lowest BCUT2D eigenvalue weighted by molar-refractivity contribution is -0.114. The van der Waals surface area contributed by atoms with Gasteiger partial charge in [0.2, 0.25) is 11.8 Å². The Morgan fingerprint density at radius 2 is 2.44 bits per heavy atom. The number of amides is 1. The van der Waals surface area contributed by atoms with E-state index in [-0.39, 0.29) is 11.7 Å². The monoisotopic (exact) mass is 270 g/mol. The zero-order valence-corrected chi connectivity index (χ0v) is 10.2. The van der Waals surface area contributed by atoms with Gasteiger partial charge in [-0.1, -0.05) is 18.7 Å². The lowest BCUT2D eigenvalue weighted by Crippen LogP contribution is -2.31. The van der Waals surface area contributed by atoms with Gasteiger partial charge >= 0.3 is 5.69 Å². The van der Waals surface area contributed by atoms with Gasteiger partial charge in [-0.3, -0.25) is 10.2 Å². The average Bonchev–Trinajstić information content (AvgIpc) is 2.97. The highest BCUT2D eigenvalue weighted by Gasteiger charge is 2.09. The minimum Gasteiger partial charge on any atom is -0.416 e. The first-order chi connectivity index (χ1) is 8.69. The van der Waals surface area contributed by atoms with Crippen molar-refractivity contribution < 1.29 is 9.21 Å².